The van der Waals surface area contributed by atoms with Crippen molar-refractivity contribution in [2.75, 3.05) is 22.5 Å². The summed E-state index contributed by atoms with van der Waals surface area (Å²) < 4.78 is 1.81. The lowest BCUT2D eigenvalue weighted by atomic mass is 10.1. The van der Waals surface area contributed by atoms with Gasteiger partial charge in [0.15, 0.2) is 0 Å². The number of aromatic nitrogens is 5. The second-order valence-electron chi connectivity index (χ2n) is 7.48. The minimum atomic E-state index is -0.284. The molecule has 0 radical (unpaired) electrons. The van der Waals surface area contributed by atoms with E-state index in [4.69, 9.17) is 11.6 Å². The Morgan fingerprint density at radius 2 is 2.03 bits per heavy atom. The van der Waals surface area contributed by atoms with Crippen LogP contribution in [0.5, 0.6) is 0 Å². The molecule has 1 amide bonds. The van der Waals surface area contributed by atoms with Gasteiger partial charge in [0, 0.05) is 25.0 Å². The molecule has 9 nitrogen and oxygen atoms in total. The number of hydrogen-bond acceptors (Lipinski definition) is 7. The Morgan fingerprint density at radius 1 is 1.18 bits per heavy atom. The number of benzene rings is 1. The van der Waals surface area contributed by atoms with Crippen LogP contribution in [-0.2, 0) is 6.54 Å². The molecule has 4 aromatic rings. The third-order valence-electron chi connectivity index (χ3n) is 5.06. The van der Waals surface area contributed by atoms with Crippen LogP contribution in [0.1, 0.15) is 42.7 Å². The second kappa shape index (κ2) is 9.83. The van der Waals surface area contributed by atoms with Crippen LogP contribution in [-0.4, -0.2) is 37.2 Å². The summed E-state index contributed by atoms with van der Waals surface area (Å²) in [5, 5.41) is 14.1. The molecule has 4 rings (SSSR count). The van der Waals surface area contributed by atoms with Crippen LogP contribution < -0.4 is 16.0 Å². The molecule has 0 aliphatic heterocycles. The van der Waals surface area contributed by atoms with Crippen molar-refractivity contribution < 1.29 is 4.79 Å². The van der Waals surface area contributed by atoms with Gasteiger partial charge in [-0.1, -0.05) is 23.7 Å². The van der Waals surface area contributed by atoms with Crippen molar-refractivity contribution in [3.8, 4) is 0 Å². The van der Waals surface area contributed by atoms with Crippen molar-refractivity contribution in [3.05, 3.63) is 65.1 Å². The summed E-state index contributed by atoms with van der Waals surface area (Å²) in [6.07, 6.45) is 5.07. The molecule has 3 N–H and O–H groups in total. The van der Waals surface area contributed by atoms with E-state index in [0.29, 0.717) is 40.1 Å². The predicted molar refractivity (Wildman–Crippen MR) is 131 cm³/mol. The number of hydrogen-bond donors (Lipinski definition) is 3. The third-order valence-corrected chi connectivity index (χ3v) is 5.34. The first-order chi connectivity index (χ1) is 16.0. The van der Waals surface area contributed by atoms with E-state index < -0.39 is 0 Å². The van der Waals surface area contributed by atoms with E-state index in [2.05, 4.69) is 36.0 Å². The van der Waals surface area contributed by atoms with Gasteiger partial charge in [-0.15, -0.1) is 0 Å². The predicted octanol–water partition coefficient (Wildman–Crippen LogP) is 4.75. The van der Waals surface area contributed by atoms with E-state index in [9.17, 15) is 4.79 Å². The fraction of sp³-hybridized carbons (Fsp3) is 0.261. The van der Waals surface area contributed by atoms with Crippen LogP contribution in [0.2, 0.25) is 5.02 Å². The summed E-state index contributed by atoms with van der Waals surface area (Å²) in [7, 11) is 0. The van der Waals surface area contributed by atoms with Gasteiger partial charge in [-0.3, -0.25) is 9.48 Å². The quantitative estimate of drug-likeness (QED) is 0.345. The number of carbonyl (C=O) groups is 1. The number of halogens is 1. The number of nitrogens with one attached hydrogen (secondary N) is 3. The molecule has 0 aliphatic carbocycles. The maximum Gasteiger partial charge on any atom is 0.257 e. The molecule has 33 heavy (non-hydrogen) atoms. The Balaban J connectivity index is 1.45. The summed E-state index contributed by atoms with van der Waals surface area (Å²) in [6.45, 7) is 7.44. The first-order valence-corrected chi connectivity index (χ1v) is 11.1. The fourth-order valence-corrected chi connectivity index (χ4v) is 3.56. The molecule has 0 saturated heterocycles. The topological polar surface area (TPSA) is 110 Å². The first kappa shape index (κ1) is 22.5. The largest absolute Gasteiger partial charge is 0.369 e. The van der Waals surface area contributed by atoms with Crippen LogP contribution in [0.4, 0.5) is 17.3 Å². The Bertz CT molecular complexity index is 1290. The molecule has 1 aromatic carbocycles. The smallest absolute Gasteiger partial charge is 0.257 e. The highest BCUT2D eigenvalue weighted by Crippen LogP contribution is 2.23. The van der Waals surface area contributed by atoms with E-state index in [1.165, 1.54) is 6.20 Å². The zero-order valence-electron chi connectivity index (χ0n) is 18.6. The molecule has 10 heteroatoms. The Kier molecular flexibility index (Phi) is 6.69. The van der Waals surface area contributed by atoms with E-state index in [1.807, 2.05) is 51.2 Å². The molecular formula is C23H25ClN8O. The molecule has 0 unspecified atom stereocenters. The van der Waals surface area contributed by atoms with Gasteiger partial charge in [0.1, 0.15) is 17.2 Å². The third kappa shape index (κ3) is 5.20. The molecule has 0 spiro atoms. The standard InChI is InChI=1S/C23H25ClN8O/c1-4-25-21-18(24)10-16(11-27-21)23(33)29-17-8-6-7-15(9-17)14(3)28-20-12-26-19-13-32(5-2)31-22(19)30-20/h6-14H,4-5H2,1-3H3,(H,25,27)(H,29,33)(H,28,30,31)/t14-/m0/s1. The van der Waals surface area contributed by atoms with Crippen molar-refractivity contribution in [2.24, 2.45) is 0 Å². The average molecular weight is 465 g/mol. The van der Waals surface area contributed by atoms with Crippen molar-refractivity contribution in [2.45, 2.75) is 33.4 Å². The maximum absolute atomic E-state index is 12.7. The Morgan fingerprint density at radius 3 is 2.79 bits per heavy atom. The number of fused-ring (bicyclic) bond motifs is 1. The van der Waals surface area contributed by atoms with Gasteiger partial charge >= 0.3 is 0 Å². The zero-order valence-corrected chi connectivity index (χ0v) is 19.4. The molecule has 0 saturated carbocycles. The second-order valence-corrected chi connectivity index (χ2v) is 7.89. The van der Waals surface area contributed by atoms with Crippen molar-refractivity contribution in [1.82, 2.24) is 24.7 Å². The van der Waals surface area contributed by atoms with Crippen LogP contribution in [0, 0.1) is 0 Å². The van der Waals surface area contributed by atoms with Crippen LogP contribution in [0.15, 0.2) is 48.9 Å². The fourth-order valence-electron chi connectivity index (χ4n) is 3.33. The van der Waals surface area contributed by atoms with E-state index in [-0.39, 0.29) is 11.9 Å². The summed E-state index contributed by atoms with van der Waals surface area (Å²) >= 11 is 6.21. The lowest BCUT2D eigenvalue weighted by molar-refractivity contribution is 0.102. The summed E-state index contributed by atoms with van der Waals surface area (Å²) in [4.78, 5) is 25.9. The Labute approximate surface area is 196 Å². The van der Waals surface area contributed by atoms with Crippen molar-refractivity contribution in [1.29, 1.82) is 0 Å². The van der Waals surface area contributed by atoms with Crippen LogP contribution in [0.25, 0.3) is 11.2 Å². The molecule has 0 bridgehead atoms. The van der Waals surface area contributed by atoms with Gasteiger partial charge in [-0.05, 0) is 44.5 Å². The molecule has 3 aromatic heterocycles. The minimum Gasteiger partial charge on any atom is -0.369 e. The monoisotopic (exact) mass is 464 g/mol. The minimum absolute atomic E-state index is 0.0719. The molecular weight excluding hydrogens is 440 g/mol. The van der Waals surface area contributed by atoms with E-state index >= 15 is 0 Å². The van der Waals surface area contributed by atoms with Gasteiger partial charge in [0.05, 0.1) is 29.0 Å². The summed E-state index contributed by atoms with van der Waals surface area (Å²) in [6, 6.07) is 9.14. The SMILES string of the molecule is CCNc1ncc(C(=O)Nc2cccc([C@H](C)Nc3cnc4cn(CC)nc4n3)c2)cc1Cl. The average Bonchev–Trinajstić information content (AvgIpc) is 3.23. The van der Waals surface area contributed by atoms with Gasteiger partial charge < -0.3 is 16.0 Å². The zero-order chi connectivity index (χ0) is 23.4. The highest BCUT2D eigenvalue weighted by molar-refractivity contribution is 6.33. The molecule has 3 heterocycles. The molecule has 170 valence electrons. The number of carbonyl (C=O) groups excluding carboxylic acids is 1. The molecule has 0 aliphatic rings. The van der Waals surface area contributed by atoms with Gasteiger partial charge in [0.2, 0.25) is 5.65 Å². The highest BCUT2D eigenvalue weighted by Gasteiger charge is 2.13. The summed E-state index contributed by atoms with van der Waals surface area (Å²) in [5.74, 6) is 0.903. The number of nitrogens with zero attached hydrogens (tertiary/aromatic N) is 5. The maximum atomic E-state index is 12.7. The summed E-state index contributed by atoms with van der Waals surface area (Å²) in [5.41, 5.74) is 3.39. The lowest BCUT2D eigenvalue weighted by Crippen LogP contribution is -2.14. The van der Waals surface area contributed by atoms with E-state index in [1.54, 1.807) is 16.9 Å². The van der Waals surface area contributed by atoms with Gasteiger partial charge in [-0.2, -0.15) is 5.10 Å². The number of anilines is 3. The van der Waals surface area contributed by atoms with Crippen LogP contribution in [0.3, 0.4) is 0 Å². The number of aryl methyl sites for hydroxylation is 1. The highest BCUT2D eigenvalue weighted by atomic mass is 35.5. The van der Waals surface area contributed by atoms with Crippen molar-refractivity contribution >= 4 is 46.0 Å². The molecule has 0 fully saturated rings. The van der Waals surface area contributed by atoms with Crippen molar-refractivity contribution in [3.63, 3.8) is 0 Å². The first-order valence-electron chi connectivity index (χ1n) is 10.7. The Hall–Kier alpha value is -3.72. The lowest BCUT2D eigenvalue weighted by Gasteiger charge is -2.16. The van der Waals surface area contributed by atoms with Crippen LogP contribution >= 0.6 is 11.6 Å². The number of amides is 1. The number of rotatable bonds is 8. The van der Waals surface area contributed by atoms with Gasteiger partial charge in [0.25, 0.3) is 5.91 Å². The van der Waals surface area contributed by atoms with Gasteiger partial charge in [-0.25, -0.2) is 15.0 Å². The van der Waals surface area contributed by atoms with E-state index in [0.717, 1.165) is 17.6 Å². The number of pyridine rings is 1. The molecule has 1 atom stereocenters. The normalized spacial score (nSPS) is 11.9.